The first kappa shape index (κ1) is 30.0. The van der Waals surface area contributed by atoms with Crippen LogP contribution in [0.3, 0.4) is 0 Å². The molecular weight excluding hydrogens is 493 g/mol. The third kappa shape index (κ3) is 8.88. The number of hydrogen-bond acceptors (Lipinski definition) is 8. The van der Waals surface area contributed by atoms with Gasteiger partial charge in [-0.05, 0) is 20.3 Å². The smallest absolute Gasteiger partial charge is 0.463 e. The Morgan fingerprint density at radius 3 is 1.97 bits per heavy atom. The van der Waals surface area contributed by atoms with E-state index < -0.39 is 71.9 Å². The molecule has 1 atom stereocenters. The molecule has 0 aliphatic rings. The van der Waals surface area contributed by atoms with Crippen LogP contribution in [0.25, 0.3) is 0 Å². The molecule has 0 saturated heterocycles. The molecule has 16 heteroatoms. The summed E-state index contributed by atoms with van der Waals surface area (Å²) in [7, 11) is -11.4. The number of alkyl halides is 3. The third-order valence-corrected chi connectivity index (χ3v) is 8.68. The maximum atomic E-state index is 13.1. The number of carbonyl (C=O) groups is 2. The van der Waals surface area contributed by atoms with Crippen molar-refractivity contribution in [2.45, 2.75) is 43.7 Å². The number of amides is 1. The maximum Gasteiger partial charge on any atom is 0.498 e. The average molecular weight is 517 g/mol. The van der Waals surface area contributed by atoms with Gasteiger partial charge in [0.1, 0.15) is 13.2 Å². The van der Waals surface area contributed by atoms with Crippen molar-refractivity contribution in [3.05, 3.63) is 11.7 Å². The van der Waals surface area contributed by atoms with Gasteiger partial charge in [0.15, 0.2) is 14.4 Å². The summed E-state index contributed by atoms with van der Waals surface area (Å²) in [4.78, 5) is 23.3. The van der Waals surface area contributed by atoms with Crippen molar-refractivity contribution in [2.24, 2.45) is 5.41 Å². The molecule has 1 amide bonds. The number of rotatable bonds is 11. The fourth-order valence-electron chi connectivity index (χ4n) is 1.87. The van der Waals surface area contributed by atoms with Crippen molar-refractivity contribution in [1.82, 2.24) is 5.32 Å². The molecule has 0 aromatic rings. The summed E-state index contributed by atoms with van der Waals surface area (Å²) >= 11 is 0. The Morgan fingerprint density at radius 2 is 1.56 bits per heavy atom. The van der Waals surface area contributed by atoms with Gasteiger partial charge in [0.2, 0.25) is 0 Å². The van der Waals surface area contributed by atoms with Crippen LogP contribution in [0.2, 0.25) is 0 Å². The first-order chi connectivity index (χ1) is 14.3. The van der Waals surface area contributed by atoms with Crippen LogP contribution in [0.5, 0.6) is 0 Å². The van der Waals surface area contributed by atoms with Crippen molar-refractivity contribution in [2.75, 3.05) is 26.0 Å². The summed E-state index contributed by atoms with van der Waals surface area (Å²) in [6.45, 7) is 3.03. The number of ether oxygens (including phenoxy) is 2. The molecule has 32 heavy (non-hydrogen) atoms. The van der Waals surface area contributed by atoms with Crippen LogP contribution in [0.15, 0.2) is 11.7 Å². The fourth-order valence-corrected chi connectivity index (χ4v) is 5.26. The van der Waals surface area contributed by atoms with E-state index in [1.54, 1.807) is 20.8 Å². The number of sulfone groups is 2. The van der Waals surface area contributed by atoms with Crippen molar-refractivity contribution < 1.29 is 57.9 Å². The van der Waals surface area contributed by atoms with E-state index in [1.165, 1.54) is 0 Å². The second-order valence-electron chi connectivity index (χ2n) is 7.19. The van der Waals surface area contributed by atoms with Crippen molar-refractivity contribution in [1.29, 1.82) is 0 Å². The molecule has 0 rings (SSSR count). The monoisotopic (exact) mass is 517 g/mol. The highest BCUT2D eigenvalue weighted by atomic mass is 32.3. The molecule has 0 radical (unpaired) electrons. The van der Waals surface area contributed by atoms with Gasteiger partial charge in [-0.15, -0.1) is 0 Å². The number of carbonyl (C=O) groups excluding carboxylic acids is 2. The van der Waals surface area contributed by atoms with E-state index in [1.807, 2.05) is 5.32 Å². The first-order valence-corrected chi connectivity index (χ1v) is 12.4. The van der Waals surface area contributed by atoms with Gasteiger partial charge in [-0.2, -0.15) is 22.0 Å². The van der Waals surface area contributed by atoms with Crippen molar-refractivity contribution >= 4 is 31.7 Å². The third-order valence-electron chi connectivity index (χ3n) is 4.25. The summed E-state index contributed by atoms with van der Waals surface area (Å²) in [5.74, 6) is -0.558. The van der Waals surface area contributed by atoms with Crippen LogP contribution >= 0.6 is 0 Å². The van der Waals surface area contributed by atoms with Crippen LogP contribution in [0.1, 0.15) is 33.6 Å². The largest absolute Gasteiger partial charge is 0.498 e. The molecule has 0 heterocycles. The Hall–Kier alpha value is -1.97. The van der Waals surface area contributed by atoms with Crippen LogP contribution in [0.4, 0.5) is 26.7 Å². The predicted octanol–water partition coefficient (Wildman–Crippen LogP) is 2.54. The lowest BCUT2D eigenvalue weighted by Crippen LogP contribution is -2.40. The SMILES string of the molecule is CCC(C)(C)C(=O)OCCNC(=O)OCC(CC(S(C)(=O)=O)S(=O)(=O)C(F)(F)F)=C(F)F. The molecule has 0 spiro atoms. The summed E-state index contributed by atoms with van der Waals surface area (Å²) < 4.78 is 116. The zero-order valence-electron chi connectivity index (χ0n) is 17.6. The van der Waals surface area contributed by atoms with Gasteiger partial charge < -0.3 is 14.8 Å². The lowest BCUT2D eigenvalue weighted by Gasteiger charge is -2.20. The maximum absolute atomic E-state index is 13.1. The normalized spacial score (nSPS) is 13.8. The molecule has 0 aliphatic carbocycles. The van der Waals surface area contributed by atoms with Gasteiger partial charge in [0.25, 0.3) is 15.9 Å². The average Bonchev–Trinajstić information content (AvgIpc) is 2.62. The Balaban J connectivity index is 5.05. The summed E-state index contributed by atoms with van der Waals surface area (Å²) in [5.41, 5.74) is -8.22. The van der Waals surface area contributed by atoms with E-state index in [-0.39, 0.29) is 19.4 Å². The van der Waals surface area contributed by atoms with E-state index in [2.05, 4.69) is 4.74 Å². The van der Waals surface area contributed by atoms with E-state index >= 15 is 0 Å². The van der Waals surface area contributed by atoms with E-state index in [0.29, 0.717) is 6.42 Å². The number of halogens is 5. The van der Waals surface area contributed by atoms with Crippen molar-refractivity contribution in [3.8, 4) is 0 Å². The van der Waals surface area contributed by atoms with Gasteiger partial charge in [-0.3, -0.25) is 4.79 Å². The minimum absolute atomic E-state index is 0.142. The minimum atomic E-state index is -6.36. The van der Waals surface area contributed by atoms with Crippen LogP contribution in [-0.4, -0.2) is 65.0 Å². The van der Waals surface area contributed by atoms with E-state index in [0.717, 1.165) is 0 Å². The molecule has 9 nitrogen and oxygen atoms in total. The van der Waals surface area contributed by atoms with Gasteiger partial charge in [0.05, 0.1) is 12.0 Å². The molecule has 1 unspecified atom stereocenters. The molecule has 188 valence electrons. The van der Waals surface area contributed by atoms with Gasteiger partial charge in [0, 0.05) is 18.2 Å². The molecule has 0 saturated carbocycles. The number of nitrogens with one attached hydrogen (secondary N) is 1. The summed E-state index contributed by atoms with van der Waals surface area (Å²) in [6.07, 6.45) is -5.20. The first-order valence-electron chi connectivity index (χ1n) is 8.87. The van der Waals surface area contributed by atoms with Crippen LogP contribution in [-0.2, 0) is 33.9 Å². The summed E-state index contributed by atoms with van der Waals surface area (Å²) in [5, 5.41) is 2.02. The Bertz CT molecular complexity index is 923. The number of esters is 1. The Kier molecular flexibility index (Phi) is 10.6. The molecule has 0 aliphatic heterocycles. The zero-order chi connectivity index (χ0) is 25.5. The lowest BCUT2D eigenvalue weighted by molar-refractivity contribution is -0.153. The highest BCUT2D eigenvalue weighted by Gasteiger charge is 2.54. The topological polar surface area (TPSA) is 133 Å². The highest BCUT2D eigenvalue weighted by Crippen LogP contribution is 2.33. The molecule has 1 N–H and O–H groups in total. The Morgan fingerprint density at radius 1 is 1.03 bits per heavy atom. The van der Waals surface area contributed by atoms with E-state index in [9.17, 15) is 48.4 Å². The Labute approximate surface area is 182 Å². The number of alkyl carbamates (subject to hydrolysis) is 1. The second kappa shape index (κ2) is 11.2. The fraction of sp³-hybridized carbons (Fsp3) is 0.750. The van der Waals surface area contributed by atoms with Gasteiger partial charge in [-0.25, -0.2) is 21.6 Å². The second-order valence-corrected chi connectivity index (χ2v) is 11.8. The van der Waals surface area contributed by atoms with Gasteiger partial charge >= 0.3 is 17.6 Å². The predicted molar refractivity (Wildman–Crippen MR) is 102 cm³/mol. The summed E-state index contributed by atoms with van der Waals surface area (Å²) in [6, 6.07) is 0. The zero-order valence-corrected chi connectivity index (χ0v) is 19.2. The molecule has 0 fully saturated rings. The minimum Gasteiger partial charge on any atom is -0.463 e. The highest BCUT2D eigenvalue weighted by molar-refractivity contribution is 8.09. The van der Waals surface area contributed by atoms with Crippen molar-refractivity contribution in [3.63, 3.8) is 0 Å². The molecule has 0 bridgehead atoms. The van der Waals surface area contributed by atoms with E-state index in [4.69, 9.17) is 4.74 Å². The molecule has 0 aromatic carbocycles. The molecular formula is C16H24F5NO8S2. The van der Waals surface area contributed by atoms with Crippen LogP contribution < -0.4 is 5.32 Å². The number of hydrogen-bond donors (Lipinski definition) is 1. The quantitative estimate of drug-likeness (QED) is 0.251. The molecule has 0 aromatic heterocycles. The van der Waals surface area contributed by atoms with Crippen LogP contribution in [0, 0.1) is 5.41 Å². The van der Waals surface area contributed by atoms with Gasteiger partial charge in [-0.1, -0.05) is 6.92 Å². The lowest BCUT2D eigenvalue weighted by atomic mass is 9.91. The standard InChI is InChI=1S/C16H24F5NO8S2/c1-5-15(2,3)13(23)29-7-6-22-14(24)30-9-10(12(17)18)8-11(31(4,25)26)32(27,28)16(19,20)21/h11H,5-9H2,1-4H3,(H,22,24).